The first-order chi connectivity index (χ1) is 14.8. The van der Waals surface area contributed by atoms with Crippen molar-refractivity contribution in [3.05, 3.63) is 89.0 Å². The van der Waals surface area contributed by atoms with Crippen LogP contribution in [0.25, 0.3) is 16.9 Å². The molecule has 150 valence electrons. The van der Waals surface area contributed by atoms with Gasteiger partial charge in [-0.2, -0.15) is 5.10 Å². The fraction of sp³-hybridized carbons (Fsp3) is 0.208. The molecule has 2 aromatic heterocycles. The number of likely N-dealkylation sites (tertiary alicyclic amines) is 1. The molecule has 0 bridgehead atoms. The average Bonchev–Trinajstić information content (AvgIpc) is 3.51. The van der Waals surface area contributed by atoms with Crippen LogP contribution < -0.4 is 0 Å². The maximum Gasteiger partial charge on any atom is 0.257 e. The van der Waals surface area contributed by atoms with Crippen LogP contribution in [0.1, 0.15) is 34.1 Å². The van der Waals surface area contributed by atoms with Gasteiger partial charge in [0.25, 0.3) is 5.91 Å². The van der Waals surface area contributed by atoms with E-state index in [1.165, 1.54) is 0 Å². The first-order valence-corrected chi connectivity index (χ1v) is 11.1. The van der Waals surface area contributed by atoms with E-state index in [4.69, 9.17) is 5.10 Å². The number of piperidine rings is 1. The SMILES string of the molecule is O=C(c1cn(-c2ccccc2)nc1-c1ccccc1)N1CCCC(c2nccs2)C1. The molecule has 1 amide bonds. The summed E-state index contributed by atoms with van der Waals surface area (Å²) in [6.07, 6.45) is 5.78. The molecule has 0 radical (unpaired) electrons. The molecule has 2 aromatic carbocycles. The lowest BCUT2D eigenvalue weighted by molar-refractivity contribution is 0.0708. The van der Waals surface area contributed by atoms with Crippen molar-refractivity contribution in [1.29, 1.82) is 0 Å². The third-order valence-corrected chi connectivity index (χ3v) is 6.46. The van der Waals surface area contributed by atoms with Gasteiger partial charge in [-0.25, -0.2) is 9.67 Å². The highest BCUT2D eigenvalue weighted by Gasteiger charge is 2.29. The van der Waals surface area contributed by atoms with Gasteiger partial charge in [-0.1, -0.05) is 48.5 Å². The minimum absolute atomic E-state index is 0.0392. The number of hydrogen-bond donors (Lipinski definition) is 0. The Kier molecular flexibility index (Phi) is 5.15. The Morgan fingerprint density at radius 2 is 1.80 bits per heavy atom. The summed E-state index contributed by atoms with van der Waals surface area (Å²) >= 11 is 1.67. The molecule has 3 heterocycles. The second-order valence-corrected chi connectivity index (χ2v) is 8.42. The molecule has 1 saturated heterocycles. The van der Waals surface area contributed by atoms with Crippen molar-refractivity contribution in [3.63, 3.8) is 0 Å². The van der Waals surface area contributed by atoms with Gasteiger partial charge in [0.15, 0.2) is 0 Å². The van der Waals surface area contributed by atoms with Crippen molar-refractivity contribution >= 4 is 17.2 Å². The lowest BCUT2D eigenvalue weighted by atomic mass is 9.97. The van der Waals surface area contributed by atoms with Crippen molar-refractivity contribution in [1.82, 2.24) is 19.7 Å². The molecule has 1 unspecified atom stereocenters. The zero-order valence-corrected chi connectivity index (χ0v) is 17.3. The standard InChI is InChI=1S/C24H22N4OS/c29-24(27-14-7-10-19(16-27)23-25-13-15-30-23)21-17-28(20-11-5-2-6-12-20)26-22(21)18-8-3-1-4-9-18/h1-6,8-9,11-13,15,17,19H,7,10,14,16H2. The zero-order valence-electron chi connectivity index (χ0n) is 16.5. The van der Waals surface area contributed by atoms with Gasteiger partial charge in [0.2, 0.25) is 0 Å². The number of carbonyl (C=O) groups is 1. The first kappa shape index (κ1) is 18.8. The maximum absolute atomic E-state index is 13.6. The molecule has 1 aliphatic heterocycles. The number of thiazole rings is 1. The van der Waals surface area contributed by atoms with E-state index in [-0.39, 0.29) is 5.91 Å². The number of benzene rings is 2. The zero-order chi connectivity index (χ0) is 20.3. The van der Waals surface area contributed by atoms with Crippen LogP contribution in [0.15, 0.2) is 78.4 Å². The van der Waals surface area contributed by atoms with Gasteiger partial charge < -0.3 is 4.90 Å². The number of hydrogen-bond acceptors (Lipinski definition) is 4. The molecule has 0 spiro atoms. The quantitative estimate of drug-likeness (QED) is 0.471. The van der Waals surface area contributed by atoms with Crippen molar-refractivity contribution in [2.75, 3.05) is 13.1 Å². The molecule has 4 aromatic rings. The Bertz CT molecular complexity index is 1120. The number of nitrogens with zero attached hydrogens (tertiary/aromatic N) is 4. The third-order valence-electron chi connectivity index (χ3n) is 5.52. The van der Waals surface area contributed by atoms with Gasteiger partial charge in [-0.3, -0.25) is 4.79 Å². The lowest BCUT2D eigenvalue weighted by Gasteiger charge is -2.31. The predicted molar refractivity (Wildman–Crippen MR) is 119 cm³/mol. The Balaban J connectivity index is 1.51. The highest BCUT2D eigenvalue weighted by atomic mass is 32.1. The molecule has 30 heavy (non-hydrogen) atoms. The smallest absolute Gasteiger partial charge is 0.257 e. The fourth-order valence-electron chi connectivity index (χ4n) is 4.02. The number of amides is 1. The summed E-state index contributed by atoms with van der Waals surface area (Å²) in [5, 5.41) is 7.92. The van der Waals surface area contributed by atoms with Gasteiger partial charge >= 0.3 is 0 Å². The summed E-state index contributed by atoms with van der Waals surface area (Å²) in [6, 6.07) is 19.9. The first-order valence-electron chi connectivity index (χ1n) is 10.2. The van der Waals surface area contributed by atoms with Crippen LogP contribution in [0.5, 0.6) is 0 Å². The molecule has 5 rings (SSSR count). The highest BCUT2D eigenvalue weighted by Crippen LogP contribution is 2.31. The number of aromatic nitrogens is 3. The molecule has 6 heteroatoms. The molecular weight excluding hydrogens is 392 g/mol. The van der Waals surface area contributed by atoms with Crippen LogP contribution in [0.4, 0.5) is 0 Å². The second kappa shape index (κ2) is 8.24. The van der Waals surface area contributed by atoms with Gasteiger partial charge in [-0.05, 0) is 25.0 Å². The van der Waals surface area contributed by atoms with Crippen molar-refractivity contribution in [2.45, 2.75) is 18.8 Å². The molecule has 0 N–H and O–H groups in total. The van der Waals surface area contributed by atoms with Gasteiger partial charge in [0, 0.05) is 42.3 Å². The molecule has 1 fully saturated rings. The van der Waals surface area contributed by atoms with E-state index in [0.717, 1.165) is 41.3 Å². The summed E-state index contributed by atoms with van der Waals surface area (Å²) in [5.74, 6) is 0.351. The molecular formula is C24H22N4OS. The summed E-state index contributed by atoms with van der Waals surface area (Å²) in [5.41, 5.74) is 3.25. The third kappa shape index (κ3) is 3.66. The molecule has 1 aliphatic rings. The van der Waals surface area contributed by atoms with Crippen molar-refractivity contribution in [3.8, 4) is 16.9 Å². The molecule has 1 atom stereocenters. The van der Waals surface area contributed by atoms with Crippen molar-refractivity contribution in [2.24, 2.45) is 0 Å². The van der Waals surface area contributed by atoms with E-state index in [2.05, 4.69) is 4.98 Å². The summed E-state index contributed by atoms with van der Waals surface area (Å²) in [6.45, 7) is 1.47. The molecule has 5 nitrogen and oxygen atoms in total. The summed E-state index contributed by atoms with van der Waals surface area (Å²) in [4.78, 5) is 20.1. The van der Waals surface area contributed by atoms with Crippen LogP contribution in [-0.4, -0.2) is 38.7 Å². The number of carbonyl (C=O) groups excluding carboxylic acids is 1. The molecule has 0 aliphatic carbocycles. The lowest BCUT2D eigenvalue weighted by Crippen LogP contribution is -2.39. The van der Waals surface area contributed by atoms with Crippen LogP contribution >= 0.6 is 11.3 Å². The van der Waals surface area contributed by atoms with Gasteiger partial charge in [0.1, 0.15) is 5.69 Å². The highest BCUT2D eigenvalue weighted by molar-refractivity contribution is 7.09. The van der Waals surface area contributed by atoms with E-state index in [1.807, 2.05) is 83.3 Å². The van der Waals surface area contributed by atoms with E-state index >= 15 is 0 Å². The van der Waals surface area contributed by atoms with Crippen LogP contribution in [0.3, 0.4) is 0 Å². The topological polar surface area (TPSA) is 51.0 Å². The van der Waals surface area contributed by atoms with E-state index < -0.39 is 0 Å². The Morgan fingerprint density at radius 1 is 1.03 bits per heavy atom. The fourth-order valence-corrected chi connectivity index (χ4v) is 4.79. The van der Waals surface area contributed by atoms with Crippen LogP contribution in [0, 0.1) is 0 Å². The minimum atomic E-state index is 0.0392. The predicted octanol–water partition coefficient (Wildman–Crippen LogP) is 5.02. The Hall–Kier alpha value is -3.25. The largest absolute Gasteiger partial charge is 0.338 e. The molecule has 0 saturated carbocycles. The average molecular weight is 415 g/mol. The van der Waals surface area contributed by atoms with Gasteiger partial charge in [0.05, 0.1) is 16.3 Å². The monoisotopic (exact) mass is 414 g/mol. The van der Waals surface area contributed by atoms with Crippen LogP contribution in [-0.2, 0) is 0 Å². The minimum Gasteiger partial charge on any atom is -0.338 e. The summed E-state index contributed by atoms with van der Waals surface area (Å²) in [7, 11) is 0. The van der Waals surface area contributed by atoms with E-state index in [0.29, 0.717) is 18.0 Å². The Morgan fingerprint density at radius 3 is 2.53 bits per heavy atom. The normalized spacial score (nSPS) is 16.5. The number of para-hydroxylation sites is 1. The maximum atomic E-state index is 13.6. The Labute approximate surface area is 179 Å². The van der Waals surface area contributed by atoms with E-state index in [9.17, 15) is 4.79 Å². The number of rotatable bonds is 4. The van der Waals surface area contributed by atoms with E-state index in [1.54, 1.807) is 16.0 Å². The van der Waals surface area contributed by atoms with Crippen molar-refractivity contribution < 1.29 is 4.79 Å². The summed E-state index contributed by atoms with van der Waals surface area (Å²) < 4.78 is 1.80. The van der Waals surface area contributed by atoms with Crippen LogP contribution in [0.2, 0.25) is 0 Å². The van der Waals surface area contributed by atoms with Gasteiger partial charge in [-0.15, -0.1) is 11.3 Å². The second-order valence-electron chi connectivity index (χ2n) is 7.50.